The number of fused-ring (bicyclic) bond motifs is 3. The summed E-state index contributed by atoms with van der Waals surface area (Å²) in [7, 11) is 0. The van der Waals surface area contributed by atoms with Crippen molar-refractivity contribution < 1.29 is 0 Å². The summed E-state index contributed by atoms with van der Waals surface area (Å²) in [6.45, 7) is 11.6. The topological polar surface area (TPSA) is 23.9 Å². The van der Waals surface area contributed by atoms with E-state index < -0.39 is 0 Å². The molecule has 124 valence electrons. The molecule has 1 nitrogen and oxygen atoms in total. The van der Waals surface area contributed by atoms with Gasteiger partial charge in [-0.25, -0.2) is 0 Å². The summed E-state index contributed by atoms with van der Waals surface area (Å²) in [6.07, 6.45) is 13.7. The quantitative estimate of drug-likeness (QED) is 0.596. The third-order valence-corrected chi connectivity index (χ3v) is 7.91. The normalized spacial score (nSPS) is 44.0. The molecule has 0 aliphatic heterocycles. The van der Waals surface area contributed by atoms with Crippen molar-refractivity contribution in [3.05, 3.63) is 12.7 Å². The summed E-state index contributed by atoms with van der Waals surface area (Å²) in [5, 5.41) is 8.11. The molecule has 0 aromatic carbocycles. The molecule has 0 radical (unpaired) electrons. The van der Waals surface area contributed by atoms with Crippen molar-refractivity contribution in [3.63, 3.8) is 0 Å². The standard InChI is InChI=1S/C21H35N/c1-5-6-7-18-17-9-8-15-14-16(22)10-13-21(15,4)19(17)11-12-20(18,2)3/h5,15,17-19,22H,1,6-14H2,2-4H3. The van der Waals surface area contributed by atoms with Crippen LogP contribution in [0.15, 0.2) is 12.7 Å². The lowest BCUT2D eigenvalue weighted by Crippen LogP contribution is -2.53. The van der Waals surface area contributed by atoms with E-state index in [9.17, 15) is 0 Å². The van der Waals surface area contributed by atoms with E-state index >= 15 is 0 Å². The fourth-order valence-electron chi connectivity index (χ4n) is 6.48. The third-order valence-electron chi connectivity index (χ3n) is 7.91. The van der Waals surface area contributed by atoms with Crippen LogP contribution in [-0.2, 0) is 0 Å². The van der Waals surface area contributed by atoms with Gasteiger partial charge in [-0.15, -0.1) is 6.58 Å². The van der Waals surface area contributed by atoms with E-state index in [-0.39, 0.29) is 0 Å². The second kappa shape index (κ2) is 5.80. The van der Waals surface area contributed by atoms with E-state index in [0.717, 1.165) is 42.2 Å². The van der Waals surface area contributed by atoms with Gasteiger partial charge in [-0.3, -0.25) is 0 Å². The summed E-state index contributed by atoms with van der Waals surface area (Å²) in [5.74, 6) is 3.53. The molecule has 0 aromatic heterocycles. The SMILES string of the molecule is C=CCCC1C2CCC3CC(=N)CCC3(C)C2CCC1(C)C. The van der Waals surface area contributed by atoms with Crippen LogP contribution in [0, 0.1) is 39.9 Å². The monoisotopic (exact) mass is 301 g/mol. The average molecular weight is 302 g/mol. The van der Waals surface area contributed by atoms with Crippen molar-refractivity contribution >= 4 is 5.71 Å². The number of rotatable bonds is 3. The Morgan fingerprint density at radius 2 is 1.95 bits per heavy atom. The maximum Gasteiger partial charge on any atom is 0.00923 e. The molecule has 1 N–H and O–H groups in total. The highest BCUT2D eigenvalue weighted by atomic mass is 14.6. The van der Waals surface area contributed by atoms with Gasteiger partial charge in [0.15, 0.2) is 0 Å². The van der Waals surface area contributed by atoms with Crippen LogP contribution in [0.1, 0.15) is 78.6 Å². The van der Waals surface area contributed by atoms with Crippen LogP contribution >= 0.6 is 0 Å². The highest BCUT2D eigenvalue weighted by Crippen LogP contribution is 2.63. The summed E-state index contributed by atoms with van der Waals surface area (Å²) < 4.78 is 0. The summed E-state index contributed by atoms with van der Waals surface area (Å²) >= 11 is 0. The molecule has 1 heteroatoms. The molecule has 3 saturated carbocycles. The van der Waals surface area contributed by atoms with Crippen molar-refractivity contribution in [2.75, 3.05) is 0 Å². The van der Waals surface area contributed by atoms with E-state index in [1.54, 1.807) is 0 Å². The highest BCUT2D eigenvalue weighted by Gasteiger charge is 2.55. The van der Waals surface area contributed by atoms with Crippen molar-refractivity contribution in [3.8, 4) is 0 Å². The Hall–Kier alpha value is -0.590. The fourth-order valence-corrected chi connectivity index (χ4v) is 6.48. The molecule has 3 fully saturated rings. The van der Waals surface area contributed by atoms with E-state index in [4.69, 9.17) is 5.41 Å². The van der Waals surface area contributed by atoms with Crippen LogP contribution in [0.4, 0.5) is 0 Å². The lowest BCUT2D eigenvalue weighted by molar-refractivity contribution is -0.0990. The molecular weight excluding hydrogens is 266 g/mol. The zero-order valence-corrected chi connectivity index (χ0v) is 15.0. The maximum atomic E-state index is 8.11. The molecule has 3 aliphatic rings. The zero-order valence-electron chi connectivity index (χ0n) is 15.0. The molecule has 22 heavy (non-hydrogen) atoms. The van der Waals surface area contributed by atoms with Gasteiger partial charge in [0.1, 0.15) is 0 Å². The predicted octanol–water partition coefficient (Wildman–Crippen LogP) is 6.24. The molecule has 5 unspecified atom stereocenters. The van der Waals surface area contributed by atoms with Crippen molar-refractivity contribution in [1.29, 1.82) is 5.41 Å². The third kappa shape index (κ3) is 2.59. The first-order valence-electron chi connectivity index (χ1n) is 9.55. The van der Waals surface area contributed by atoms with Gasteiger partial charge in [0, 0.05) is 5.71 Å². The van der Waals surface area contributed by atoms with Gasteiger partial charge < -0.3 is 5.41 Å². The number of nitrogens with one attached hydrogen (secondary N) is 1. The first kappa shape index (κ1) is 16.3. The first-order chi connectivity index (χ1) is 10.4. The van der Waals surface area contributed by atoms with Gasteiger partial charge >= 0.3 is 0 Å². The van der Waals surface area contributed by atoms with Gasteiger partial charge in [0.2, 0.25) is 0 Å². The lowest BCUT2D eigenvalue weighted by Gasteiger charge is -2.60. The Morgan fingerprint density at radius 3 is 2.68 bits per heavy atom. The second-order valence-corrected chi connectivity index (χ2v) is 9.36. The molecule has 3 aliphatic carbocycles. The minimum atomic E-state index is 0.509. The van der Waals surface area contributed by atoms with Crippen LogP contribution < -0.4 is 0 Å². The Morgan fingerprint density at radius 1 is 1.18 bits per heavy atom. The van der Waals surface area contributed by atoms with E-state index in [0.29, 0.717) is 10.8 Å². The molecule has 0 aromatic rings. The van der Waals surface area contributed by atoms with Crippen molar-refractivity contribution in [1.82, 2.24) is 0 Å². The smallest absolute Gasteiger partial charge is 0.00923 e. The van der Waals surface area contributed by atoms with Crippen LogP contribution in [0.5, 0.6) is 0 Å². The Bertz CT molecular complexity index is 449. The van der Waals surface area contributed by atoms with Gasteiger partial charge in [-0.2, -0.15) is 0 Å². The van der Waals surface area contributed by atoms with Gasteiger partial charge in [-0.05, 0) is 92.3 Å². The molecule has 0 heterocycles. The minimum absolute atomic E-state index is 0.509. The molecule has 5 atom stereocenters. The van der Waals surface area contributed by atoms with E-state index in [1.807, 2.05) is 0 Å². The average Bonchev–Trinajstić information content (AvgIpc) is 2.46. The molecule has 3 rings (SSSR count). The summed E-state index contributed by atoms with van der Waals surface area (Å²) in [4.78, 5) is 0. The zero-order chi connectivity index (χ0) is 16.0. The summed E-state index contributed by atoms with van der Waals surface area (Å²) in [5.41, 5.74) is 2.06. The molecule has 0 bridgehead atoms. The Labute approximate surface area is 137 Å². The summed E-state index contributed by atoms with van der Waals surface area (Å²) in [6, 6.07) is 0. The number of allylic oxidation sites excluding steroid dienone is 1. The minimum Gasteiger partial charge on any atom is -0.310 e. The Balaban J connectivity index is 1.85. The van der Waals surface area contributed by atoms with Gasteiger partial charge in [0.05, 0.1) is 0 Å². The van der Waals surface area contributed by atoms with Crippen molar-refractivity contribution in [2.24, 2.45) is 34.5 Å². The predicted molar refractivity (Wildman–Crippen MR) is 95.3 cm³/mol. The number of hydrogen-bond acceptors (Lipinski definition) is 1. The lowest BCUT2D eigenvalue weighted by atomic mass is 9.44. The van der Waals surface area contributed by atoms with Gasteiger partial charge in [0.25, 0.3) is 0 Å². The van der Waals surface area contributed by atoms with Crippen LogP contribution in [0.2, 0.25) is 0 Å². The Kier molecular flexibility index (Phi) is 4.29. The highest BCUT2D eigenvalue weighted by molar-refractivity contribution is 5.82. The van der Waals surface area contributed by atoms with Crippen LogP contribution in [0.3, 0.4) is 0 Å². The first-order valence-corrected chi connectivity index (χ1v) is 9.55. The van der Waals surface area contributed by atoms with E-state index in [1.165, 1.54) is 44.9 Å². The largest absolute Gasteiger partial charge is 0.310 e. The van der Waals surface area contributed by atoms with E-state index in [2.05, 4.69) is 33.4 Å². The molecular formula is C21H35N. The maximum absolute atomic E-state index is 8.11. The van der Waals surface area contributed by atoms with Crippen molar-refractivity contribution in [2.45, 2.75) is 78.6 Å². The van der Waals surface area contributed by atoms with Gasteiger partial charge in [-0.1, -0.05) is 26.8 Å². The fraction of sp³-hybridized carbons (Fsp3) is 0.857. The van der Waals surface area contributed by atoms with Crippen LogP contribution in [0.25, 0.3) is 0 Å². The molecule has 0 spiro atoms. The molecule has 0 amide bonds. The number of hydrogen-bond donors (Lipinski definition) is 1. The second-order valence-electron chi connectivity index (χ2n) is 9.36. The molecule has 0 saturated heterocycles. The van der Waals surface area contributed by atoms with Crippen LogP contribution in [-0.4, -0.2) is 5.71 Å².